The predicted molar refractivity (Wildman–Crippen MR) is 76.6 cm³/mol. The molecule has 0 aliphatic carbocycles. The van der Waals surface area contributed by atoms with Gasteiger partial charge in [0.25, 0.3) is 5.91 Å². The lowest BCUT2D eigenvalue weighted by Crippen LogP contribution is -2.13. The number of rotatable bonds is 3. The second-order valence-corrected chi connectivity index (χ2v) is 4.18. The van der Waals surface area contributed by atoms with E-state index in [1.54, 1.807) is 24.3 Å². The van der Waals surface area contributed by atoms with Gasteiger partial charge in [0.05, 0.1) is 5.56 Å². The number of nitrogen functional groups attached to an aromatic ring is 2. The molecule has 2 aromatic rings. The van der Waals surface area contributed by atoms with Crippen LogP contribution in [0.15, 0.2) is 42.5 Å². The Morgan fingerprint density at radius 2 is 1.65 bits per heavy atom. The number of hydrogen-bond acceptors (Lipinski definition) is 4. The number of hydrogen-bond donors (Lipinski definition) is 4. The van der Waals surface area contributed by atoms with E-state index in [-0.39, 0.29) is 17.2 Å². The van der Waals surface area contributed by atoms with E-state index < -0.39 is 5.97 Å². The van der Waals surface area contributed by atoms with E-state index >= 15 is 0 Å². The predicted octanol–water partition coefficient (Wildman–Crippen LogP) is 1.80. The summed E-state index contributed by atoms with van der Waals surface area (Å²) in [6.45, 7) is 0. The summed E-state index contributed by atoms with van der Waals surface area (Å²) in [4.78, 5) is 22.9. The molecule has 2 rings (SSSR count). The summed E-state index contributed by atoms with van der Waals surface area (Å²) < 4.78 is 0. The lowest BCUT2D eigenvalue weighted by atomic mass is 10.1. The van der Waals surface area contributed by atoms with Crippen molar-refractivity contribution in [3.8, 4) is 0 Å². The van der Waals surface area contributed by atoms with Crippen LogP contribution in [0.4, 0.5) is 17.1 Å². The number of carboxylic acid groups (broad SMARTS) is 1. The van der Waals surface area contributed by atoms with Gasteiger partial charge in [-0.15, -0.1) is 0 Å². The van der Waals surface area contributed by atoms with Crippen LogP contribution in [0.1, 0.15) is 20.7 Å². The van der Waals surface area contributed by atoms with Gasteiger partial charge in [-0.1, -0.05) is 0 Å². The molecular weight excluding hydrogens is 258 g/mol. The first-order valence-corrected chi connectivity index (χ1v) is 5.77. The molecule has 0 spiro atoms. The van der Waals surface area contributed by atoms with Gasteiger partial charge in [0.2, 0.25) is 0 Å². The molecule has 0 heterocycles. The average molecular weight is 271 g/mol. The van der Waals surface area contributed by atoms with Crippen molar-refractivity contribution >= 4 is 28.9 Å². The highest BCUT2D eigenvalue weighted by Crippen LogP contribution is 2.18. The van der Waals surface area contributed by atoms with Crippen LogP contribution in [-0.4, -0.2) is 17.0 Å². The van der Waals surface area contributed by atoms with Crippen LogP contribution < -0.4 is 16.8 Å². The molecule has 6 N–H and O–H groups in total. The number of nitrogens with two attached hydrogens (primary N) is 2. The van der Waals surface area contributed by atoms with Crippen LogP contribution in [0.3, 0.4) is 0 Å². The van der Waals surface area contributed by atoms with E-state index in [2.05, 4.69) is 5.32 Å². The Morgan fingerprint density at radius 1 is 1.00 bits per heavy atom. The summed E-state index contributed by atoms with van der Waals surface area (Å²) in [5, 5.41) is 11.6. The maximum atomic E-state index is 12.0. The Bertz CT molecular complexity index is 666. The first-order valence-electron chi connectivity index (χ1n) is 5.77. The average Bonchev–Trinajstić information content (AvgIpc) is 2.41. The van der Waals surface area contributed by atoms with Gasteiger partial charge < -0.3 is 21.9 Å². The second-order valence-electron chi connectivity index (χ2n) is 4.18. The summed E-state index contributed by atoms with van der Waals surface area (Å²) in [7, 11) is 0. The number of carbonyl (C=O) groups excluding carboxylic acids is 1. The summed E-state index contributed by atoms with van der Waals surface area (Å²) in [6, 6.07) is 10.7. The van der Waals surface area contributed by atoms with Crippen LogP contribution in [-0.2, 0) is 0 Å². The normalized spacial score (nSPS) is 10.0. The zero-order chi connectivity index (χ0) is 14.7. The topological polar surface area (TPSA) is 118 Å². The quantitative estimate of drug-likeness (QED) is 0.635. The molecule has 0 aliphatic heterocycles. The Balaban J connectivity index is 2.21. The Kier molecular flexibility index (Phi) is 3.56. The number of amides is 1. The zero-order valence-corrected chi connectivity index (χ0v) is 10.5. The van der Waals surface area contributed by atoms with Crippen molar-refractivity contribution in [2.24, 2.45) is 0 Å². The number of anilines is 3. The minimum Gasteiger partial charge on any atom is -0.478 e. The van der Waals surface area contributed by atoms with Crippen molar-refractivity contribution < 1.29 is 14.7 Å². The molecule has 6 nitrogen and oxygen atoms in total. The third-order valence-electron chi connectivity index (χ3n) is 2.71. The van der Waals surface area contributed by atoms with Crippen molar-refractivity contribution in [2.45, 2.75) is 0 Å². The lowest BCUT2D eigenvalue weighted by Gasteiger charge is -2.08. The third kappa shape index (κ3) is 2.86. The molecule has 0 unspecified atom stereocenters. The number of carboxylic acids is 1. The molecule has 0 radical (unpaired) electrons. The van der Waals surface area contributed by atoms with Crippen molar-refractivity contribution in [3.63, 3.8) is 0 Å². The fourth-order valence-electron chi connectivity index (χ4n) is 1.66. The Labute approximate surface area is 115 Å². The van der Waals surface area contributed by atoms with Crippen molar-refractivity contribution in [3.05, 3.63) is 53.6 Å². The molecule has 0 fully saturated rings. The monoisotopic (exact) mass is 271 g/mol. The van der Waals surface area contributed by atoms with Crippen LogP contribution in [0, 0.1) is 0 Å². The Morgan fingerprint density at radius 3 is 2.25 bits per heavy atom. The SMILES string of the molecule is Nc1ccc(C(=O)Nc2ccc(N)c(C(=O)O)c2)cc1. The van der Waals surface area contributed by atoms with Gasteiger partial charge in [0, 0.05) is 22.6 Å². The molecule has 20 heavy (non-hydrogen) atoms. The number of aromatic carboxylic acids is 1. The van der Waals surface area contributed by atoms with E-state index in [4.69, 9.17) is 16.6 Å². The molecule has 0 bridgehead atoms. The zero-order valence-electron chi connectivity index (χ0n) is 10.5. The standard InChI is InChI=1S/C14H13N3O3/c15-9-3-1-8(2-4-9)13(18)17-10-5-6-12(16)11(7-10)14(19)20/h1-7H,15-16H2,(H,17,18)(H,19,20). The Hall–Kier alpha value is -3.02. The molecule has 0 aliphatic rings. The minimum atomic E-state index is -1.15. The van der Waals surface area contributed by atoms with Gasteiger partial charge in [0.15, 0.2) is 0 Å². The molecular formula is C14H13N3O3. The highest BCUT2D eigenvalue weighted by molar-refractivity contribution is 6.05. The van der Waals surface area contributed by atoms with Crippen molar-refractivity contribution in [2.75, 3.05) is 16.8 Å². The minimum absolute atomic E-state index is 0.0555. The number of carbonyl (C=O) groups is 2. The summed E-state index contributed by atoms with van der Waals surface area (Å²) >= 11 is 0. The smallest absolute Gasteiger partial charge is 0.337 e. The van der Waals surface area contributed by atoms with Crippen LogP contribution >= 0.6 is 0 Å². The van der Waals surface area contributed by atoms with Crippen molar-refractivity contribution in [1.82, 2.24) is 0 Å². The highest BCUT2D eigenvalue weighted by atomic mass is 16.4. The molecule has 0 saturated carbocycles. The van der Waals surface area contributed by atoms with Gasteiger partial charge in [-0.05, 0) is 42.5 Å². The van der Waals surface area contributed by atoms with Crippen molar-refractivity contribution in [1.29, 1.82) is 0 Å². The molecule has 0 saturated heterocycles. The van der Waals surface area contributed by atoms with Gasteiger partial charge in [-0.25, -0.2) is 4.79 Å². The molecule has 102 valence electrons. The molecule has 6 heteroatoms. The maximum absolute atomic E-state index is 12.0. The number of benzene rings is 2. The van der Waals surface area contributed by atoms with Gasteiger partial charge in [0.1, 0.15) is 0 Å². The molecule has 1 amide bonds. The lowest BCUT2D eigenvalue weighted by molar-refractivity contribution is 0.0697. The van der Waals surface area contributed by atoms with Gasteiger partial charge >= 0.3 is 5.97 Å². The summed E-state index contributed by atoms with van der Waals surface area (Å²) in [6.07, 6.45) is 0. The van der Waals surface area contributed by atoms with Crippen LogP contribution in [0.2, 0.25) is 0 Å². The van der Waals surface area contributed by atoms with Gasteiger partial charge in [-0.3, -0.25) is 4.79 Å². The molecule has 0 atom stereocenters. The first-order chi connectivity index (χ1) is 9.47. The largest absolute Gasteiger partial charge is 0.478 e. The molecule has 2 aromatic carbocycles. The second kappa shape index (κ2) is 5.31. The summed E-state index contributed by atoms with van der Waals surface area (Å²) in [5.41, 5.74) is 12.5. The number of nitrogens with one attached hydrogen (secondary N) is 1. The first kappa shape index (κ1) is 13.4. The maximum Gasteiger partial charge on any atom is 0.337 e. The van der Waals surface area contributed by atoms with E-state index in [0.717, 1.165) is 0 Å². The highest BCUT2D eigenvalue weighted by Gasteiger charge is 2.11. The van der Waals surface area contributed by atoms with E-state index in [0.29, 0.717) is 16.9 Å². The van der Waals surface area contributed by atoms with Gasteiger partial charge in [-0.2, -0.15) is 0 Å². The summed E-state index contributed by atoms with van der Waals surface area (Å²) in [5.74, 6) is -1.50. The van der Waals surface area contributed by atoms with E-state index in [1.165, 1.54) is 18.2 Å². The van der Waals surface area contributed by atoms with Crippen LogP contribution in [0.5, 0.6) is 0 Å². The van der Waals surface area contributed by atoms with E-state index in [1.807, 2.05) is 0 Å². The fraction of sp³-hybridized carbons (Fsp3) is 0. The molecule has 0 aromatic heterocycles. The fourth-order valence-corrected chi connectivity index (χ4v) is 1.66. The van der Waals surface area contributed by atoms with E-state index in [9.17, 15) is 9.59 Å². The van der Waals surface area contributed by atoms with Crippen LogP contribution in [0.25, 0.3) is 0 Å². The third-order valence-corrected chi connectivity index (χ3v) is 2.71.